The first-order valence-corrected chi connectivity index (χ1v) is 6.59. The zero-order valence-corrected chi connectivity index (χ0v) is 11.7. The summed E-state index contributed by atoms with van der Waals surface area (Å²) >= 11 is 0. The maximum Gasteiger partial charge on any atom is 0.321 e. The number of hydrogen-bond donors (Lipinski definition) is 2. The van der Waals surface area contributed by atoms with Crippen LogP contribution >= 0.6 is 0 Å². The van der Waals surface area contributed by atoms with E-state index in [1.54, 1.807) is 24.5 Å². The van der Waals surface area contributed by atoms with Gasteiger partial charge in [0.15, 0.2) is 0 Å². The van der Waals surface area contributed by atoms with Crippen LogP contribution in [0.4, 0.5) is 0 Å². The number of benzene rings is 1. The average Bonchev–Trinajstić information content (AvgIpc) is 2.47. The maximum absolute atomic E-state index is 9.07. The van der Waals surface area contributed by atoms with E-state index >= 15 is 0 Å². The summed E-state index contributed by atoms with van der Waals surface area (Å²) in [5.41, 5.74) is 1.80. The molecule has 2 aromatic rings. The molecule has 0 spiro atoms. The second-order valence-electron chi connectivity index (χ2n) is 4.82. The van der Waals surface area contributed by atoms with E-state index < -0.39 is 0 Å². The SMILES string of the molecule is CC(C)NCc1cnc(Oc2cccc(CO)c2)nc1. The van der Waals surface area contributed by atoms with E-state index in [4.69, 9.17) is 9.84 Å². The first-order valence-electron chi connectivity index (χ1n) is 6.59. The lowest BCUT2D eigenvalue weighted by Gasteiger charge is -2.08. The van der Waals surface area contributed by atoms with E-state index in [0.717, 1.165) is 17.7 Å². The van der Waals surface area contributed by atoms with Crippen LogP contribution in [0, 0.1) is 0 Å². The zero-order chi connectivity index (χ0) is 14.4. The fourth-order valence-corrected chi connectivity index (χ4v) is 1.62. The van der Waals surface area contributed by atoms with Crippen LogP contribution in [0.2, 0.25) is 0 Å². The molecule has 1 aromatic carbocycles. The number of nitrogens with one attached hydrogen (secondary N) is 1. The van der Waals surface area contributed by atoms with E-state index in [1.807, 2.05) is 12.1 Å². The predicted octanol–water partition coefficient (Wildman–Crippen LogP) is 2.26. The molecule has 5 nitrogen and oxygen atoms in total. The minimum Gasteiger partial charge on any atom is -0.424 e. The number of nitrogens with zero attached hydrogens (tertiary/aromatic N) is 2. The number of aromatic nitrogens is 2. The molecule has 5 heteroatoms. The van der Waals surface area contributed by atoms with Crippen molar-refractivity contribution >= 4 is 0 Å². The Morgan fingerprint density at radius 2 is 1.95 bits per heavy atom. The van der Waals surface area contributed by atoms with Crippen LogP contribution in [-0.4, -0.2) is 21.1 Å². The first kappa shape index (κ1) is 14.4. The molecule has 1 aromatic heterocycles. The van der Waals surface area contributed by atoms with Crippen molar-refractivity contribution in [1.29, 1.82) is 0 Å². The van der Waals surface area contributed by atoms with Crippen LogP contribution in [0.5, 0.6) is 11.8 Å². The molecule has 0 aliphatic carbocycles. The van der Waals surface area contributed by atoms with Crippen molar-refractivity contribution in [2.45, 2.75) is 33.0 Å². The molecular formula is C15H19N3O2. The van der Waals surface area contributed by atoms with Gasteiger partial charge in [-0.15, -0.1) is 0 Å². The Bertz CT molecular complexity index is 541. The predicted molar refractivity (Wildman–Crippen MR) is 76.4 cm³/mol. The summed E-state index contributed by atoms with van der Waals surface area (Å²) in [6.45, 7) is 4.90. The molecule has 0 aliphatic heterocycles. The van der Waals surface area contributed by atoms with Gasteiger partial charge in [0, 0.05) is 30.5 Å². The van der Waals surface area contributed by atoms with Gasteiger partial charge in [-0.25, -0.2) is 9.97 Å². The molecule has 0 saturated heterocycles. The van der Waals surface area contributed by atoms with Gasteiger partial charge in [0.05, 0.1) is 6.61 Å². The molecular weight excluding hydrogens is 254 g/mol. The van der Waals surface area contributed by atoms with Crippen LogP contribution in [0.25, 0.3) is 0 Å². The van der Waals surface area contributed by atoms with Gasteiger partial charge >= 0.3 is 6.01 Å². The van der Waals surface area contributed by atoms with Gasteiger partial charge in [-0.3, -0.25) is 0 Å². The van der Waals surface area contributed by atoms with Gasteiger partial charge in [0.1, 0.15) is 5.75 Å². The second kappa shape index (κ2) is 6.98. The number of ether oxygens (including phenoxy) is 1. The molecule has 0 saturated carbocycles. The fourth-order valence-electron chi connectivity index (χ4n) is 1.62. The van der Waals surface area contributed by atoms with Crippen molar-refractivity contribution in [2.24, 2.45) is 0 Å². The van der Waals surface area contributed by atoms with Gasteiger partial charge in [-0.2, -0.15) is 0 Å². The lowest BCUT2D eigenvalue weighted by Crippen LogP contribution is -2.21. The summed E-state index contributed by atoms with van der Waals surface area (Å²) in [7, 11) is 0. The number of hydrogen-bond acceptors (Lipinski definition) is 5. The van der Waals surface area contributed by atoms with E-state index in [2.05, 4.69) is 29.1 Å². The molecule has 1 heterocycles. The van der Waals surface area contributed by atoms with Crippen molar-refractivity contribution in [3.8, 4) is 11.8 Å². The maximum atomic E-state index is 9.07. The minimum atomic E-state index is -0.0160. The smallest absolute Gasteiger partial charge is 0.321 e. The van der Waals surface area contributed by atoms with Gasteiger partial charge < -0.3 is 15.2 Å². The summed E-state index contributed by atoms with van der Waals surface area (Å²) in [6, 6.07) is 7.94. The number of rotatable bonds is 6. The molecule has 0 radical (unpaired) electrons. The molecule has 0 unspecified atom stereocenters. The molecule has 106 valence electrons. The monoisotopic (exact) mass is 273 g/mol. The highest BCUT2D eigenvalue weighted by atomic mass is 16.5. The number of aliphatic hydroxyl groups is 1. The molecule has 0 bridgehead atoms. The number of aliphatic hydroxyl groups excluding tert-OH is 1. The second-order valence-corrected chi connectivity index (χ2v) is 4.82. The zero-order valence-electron chi connectivity index (χ0n) is 11.7. The topological polar surface area (TPSA) is 67.3 Å². The van der Waals surface area contributed by atoms with Crippen molar-refractivity contribution in [3.05, 3.63) is 47.8 Å². The largest absolute Gasteiger partial charge is 0.424 e. The standard InChI is InChI=1S/C15H19N3O2/c1-11(2)16-7-13-8-17-15(18-9-13)20-14-5-3-4-12(6-14)10-19/h3-6,8-9,11,16,19H,7,10H2,1-2H3. The summed E-state index contributed by atoms with van der Waals surface area (Å²) < 4.78 is 5.55. The van der Waals surface area contributed by atoms with E-state index in [9.17, 15) is 0 Å². The quantitative estimate of drug-likeness (QED) is 0.845. The normalized spacial score (nSPS) is 10.8. The third-order valence-electron chi connectivity index (χ3n) is 2.69. The molecule has 0 amide bonds. The van der Waals surface area contributed by atoms with Crippen molar-refractivity contribution in [1.82, 2.24) is 15.3 Å². The van der Waals surface area contributed by atoms with Gasteiger partial charge in [0.25, 0.3) is 0 Å². The van der Waals surface area contributed by atoms with Crippen LogP contribution in [0.1, 0.15) is 25.0 Å². The molecule has 2 rings (SSSR count). The van der Waals surface area contributed by atoms with Crippen LogP contribution in [0.15, 0.2) is 36.7 Å². The van der Waals surface area contributed by atoms with Gasteiger partial charge in [-0.1, -0.05) is 26.0 Å². The Labute approximate surface area is 118 Å². The Hall–Kier alpha value is -1.98. The average molecular weight is 273 g/mol. The Morgan fingerprint density at radius 3 is 2.60 bits per heavy atom. The first-order chi connectivity index (χ1) is 9.67. The lowest BCUT2D eigenvalue weighted by atomic mass is 10.2. The highest BCUT2D eigenvalue weighted by Gasteiger charge is 2.02. The highest BCUT2D eigenvalue weighted by molar-refractivity contribution is 5.30. The molecule has 0 aliphatic rings. The summed E-state index contributed by atoms with van der Waals surface area (Å²) in [4.78, 5) is 8.34. The Morgan fingerprint density at radius 1 is 1.20 bits per heavy atom. The van der Waals surface area contributed by atoms with Gasteiger partial charge in [0.2, 0.25) is 0 Å². The van der Waals surface area contributed by atoms with Crippen molar-refractivity contribution < 1.29 is 9.84 Å². The van der Waals surface area contributed by atoms with E-state index in [0.29, 0.717) is 17.8 Å². The lowest BCUT2D eigenvalue weighted by molar-refractivity contribution is 0.281. The summed E-state index contributed by atoms with van der Waals surface area (Å²) in [6.07, 6.45) is 3.49. The third-order valence-corrected chi connectivity index (χ3v) is 2.69. The van der Waals surface area contributed by atoms with Gasteiger partial charge in [-0.05, 0) is 17.7 Å². The minimum absolute atomic E-state index is 0.0160. The summed E-state index contributed by atoms with van der Waals surface area (Å²) in [5.74, 6) is 0.615. The van der Waals surface area contributed by atoms with Crippen LogP contribution < -0.4 is 10.1 Å². The molecule has 0 atom stereocenters. The highest BCUT2D eigenvalue weighted by Crippen LogP contribution is 2.18. The Kier molecular flexibility index (Phi) is 5.03. The summed E-state index contributed by atoms with van der Waals surface area (Å²) in [5, 5.41) is 12.4. The molecule has 20 heavy (non-hydrogen) atoms. The Balaban J connectivity index is 1.99. The third kappa shape index (κ3) is 4.29. The van der Waals surface area contributed by atoms with E-state index in [-0.39, 0.29) is 6.61 Å². The van der Waals surface area contributed by atoms with Crippen molar-refractivity contribution in [3.63, 3.8) is 0 Å². The molecule has 0 fully saturated rings. The van der Waals surface area contributed by atoms with Crippen LogP contribution in [0.3, 0.4) is 0 Å². The van der Waals surface area contributed by atoms with E-state index in [1.165, 1.54) is 0 Å². The van der Waals surface area contributed by atoms with Crippen molar-refractivity contribution in [2.75, 3.05) is 0 Å². The molecule has 2 N–H and O–H groups in total. The van der Waals surface area contributed by atoms with Crippen LogP contribution in [-0.2, 0) is 13.2 Å². The fraction of sp³-hybridized carbons (Fsp3) is 0.333.